The predicted molar refractivity (Wildman–Crippen MR) is 81.9 cm³/mol. The molecule has 2 aliphatic heterocycles. The number of nitrogens with zero attached hydrogens (tertiary/aromatic N) is 1. The molecule has 0 amide bonds. The number of rotatable bonds is 4. The predicted octanol–water partition coefficient (Wildman–Crippen LogP) is 3.06. The highest BCUT2D eigenvalue weighted by molar-refractivity contribution is 5.28. The third kappa shape index (κ3) is 2.70. The Morgan fingerprint density at radius 1 is 1.20 bits per heavy atom. The molecule has 2 N–H and O–H groups in total. The van der Waals surface area contributed by atoms with Crippen LogP contribution in [-0.2, 0) is 0 Å². The van der Waals surface area contributed by atoms with E-state index in [1.807, 2.05) is 0 Å². The molecule has 1 aromatic rings. The standard InChI is InChI=1S/C17H26N2O/c1-3-19(12(2)13-4-8-17(20)9-5-13)16-10-14-6-7-15(11-16)18-14/h4-5,8-9,12,14-16,18,20H,3,6-7,10-11H2,1-2H3. The van der Waals surface area contributed by atoms with Crippen LogP contribution < -0.4 is 5.32 Å². The monoisotopic (exact) mass is 274 g/mol. The van der Waals surface area contributed by atoms with Crippen LogP contribution in [0.1, 0.15) is 51.1 Å². The van der Waals surface area contributed by atoms with Crippen LogP contribution in [0.25, 0.3) is 0 Å². The van der Waals surface area contributed by atoms with Gasteiger partial charge in [0.2, 0.25) is 0 Å². The van der Waals surface area contributed by atoms with Crippen molar-refractivity contribution in [2.45, 2.75) is 63.7 Å². The van der Waals surface area contributed by atoms with Crippen LogP contribution in [0, 0.1) is 0 Å². The van der Waals surface area contributed by atoms with Crippen molar-refractivity contribution >= 4 is 0 Å². The molecule has 0 radical (unpaired) electrons. The molecule has 0 saturated carbocycles. The normalized spacial score (nSPS) is 30.6. The second-order valence-electron chi connectivity index (χ2n) is 6.36. The van der Waals surface area contributed by atoms with Gasteiger partial charge in [0.1, 0.15) is 5.75 Å². The molecule has 0 aliphatic carbocycles. The summed E-state index contributed by atoms with van der Waals surface area (Å²) < 4.78 is 0. The lowest BCUT2D eigenvalue weighted by Gasteiger charge is -2.40. The maximum atomic E-state index is 9.44. The molecule has 2 bridgehead atoms. The van der Waals surface area contributed by atoms with Gasteiger partial charge in [-0.15, -0.1) is 0 Å². The first kappa shape index (κ1) is 13.9. The lowest BCUT2D eigenvalue weighted by atomic mass is 9.95. The van der Waals surface area contributed by atoms with Gasteiger partial charge in [-0.25, -0.2) is 0 Å². The van der Waals surface area contributed by atoms with E-state index in [-0.39, 0.29) is 0 Å². The van der Waals surface area contributed by atoms with E-state index in [1.165, 1.54) is 31.2 Å². The zero-order valence-corrected chi connectivity index (χ0v) is 12.5. The van der Waals surface area contributed by atoms with Gasteiger partial charge in [-0.1, -0.05) is 19.1 Å². The van der Waals surface area contributed by atoms with Gasteiger partial charge in [0.05, 0.1) is 0 Å². The molecule has 3 nitrogen and oxygen atoms in total. The average molecular weight is 274 g/mol. The van der Waals surface area contributed by atoms with E-state index in [2.05, 4.69) is 36.2 Å². The van der Waals surface area contributed by atoms with Crippen LogP contribution in [0.4, 0.5) is 0 Å². The average Bonchev–Trinajstić information content (AvgIpc) is 2.79. The Kier molecular flexibility index (Phi) is 3.99. The maximum absolute atomic E-state index is 9.44. The number of hydrogen-bond donors (Lipinski definition) is 2. The zero-order chi connectivity index (χ0) is 14.1. The van der Waals surface area contributed by atoms with Crippen LogP contribution in [0.3, 0.4) is 0 Å². The van der Waals surface area contributed by atoms with E-state index in [9.17, 15) is 5.11 Å². The Balaban J connectivity index is 1.73. The molecule has 3 heteroatoms. The minimum Gasteiger partial charge on any atom is -0.508 e. The molecular weight excluding hydrogens is 248 g/mol. The first-order valence-corrected chi connectivity index (χ1v) is 7.98. The Morgan fingerprint density at radius 3 is 2.35 bits per heavy atom. The summed E-state index contributed by atoms with van der Waals surface area (Å²) in [6.07, 6.45) is 5.28. The van der Waals surface area contributed by atoms with Crippen LogP contribution in [0.5, 0.6) is 5.75 Å². The molecule has 3 rings (SSSR count). The van der Waals surface area contributed by atoms with Gasteiger partial charge in [0.25, 0.3) is 0 Å². The van der Waals surface area contributed by atoms with Gasteiger partial charge in [-0.05, 0) is 56.8 Å². The smallest absolute Gasteiger partial charge is 0.115 e. The first-order valence-electron chi connectivity index (χ1n) is 7.98. The lowest BCUT2D eigenvalue weighted by molar-refractivity contribution is 0.108. The van der Waals surface area contributed by atoms with Gasteiger partial charge in [0, 0.05) is 24.2 Å². The molecule has 3 atom stereocenters. The van der Waals surface area contributed by atoms with Crippen LogP contribution in [0.15, 0.2) is 24.3 Å². The number of benzene rings is 1. The van der Waals surface area contributed by atoms with Gasteiger partial charge in [0.15, 0.2) is 0 Å². The molecule has 110 valence electrons. The minimum atomic E-state index is 0.351. The highest BCUT2D eigenvalue weighted by Gasteiger charge is 2.36. The van der Waals surface area contributed by atoms with Crippen molar-refractivity contribution in [1.82, 2.24) is 10.2 Å². The van der Waals surface area contributed by atoms with E-state index in [1.54, 1.807) is 12.1 Å². The summed E-state index contributed by atoms with van der Waals surface area (Å²) in [6, 6.07) is 10.3. The quantitative estimate of drug-likeness (QED) is 0.886. The van der Waals surface area contributed by atoms with Gasteiger partial charge >= 0.3 is 0 Å². The fourth-order valence-electron chi connectivity index (χ4n) is 4.09. The number of phenols is 1. The largest absolute Gasteiger partial charge is 0.508 e. The van der Waals surface area contributed by atoms with Crippen molar-refractivity contribution in [3.05, 3.63) is 29.8 Å². The summed E-state index contributed by atoms with van der Waals surface area (Å²) in [4.78, 5) is 2.64. The van der Waals surface area contributed by atoms with E-state index in [0.717, 1.165) is 18.6 Å². The second kappa shape index (κ2) is 5.74. The van der Waals surface area contributed by atoms with Gasteiger partial charge in [-0.2, -0.15) is 0 Å². The van der Waals surface area contributed by atoms with Crippen LogP contribution >= 0.6 is 0 Å². The highest BCUT2D eigenvalue weighted by atomic mass is 16.3. The Hall–Kier alpha value is -1.06. The second-order valence-corrected chi connectivity index (χ2v) is 6.36. The van der Waals surface area contributed by atoms with Crippen molar-refractivity contribution in [2.24, 2.45) is 0 Å². The van der Waals surface area contributed by atoms with Crippen molar-refractivity contribution in [2.75, 3.05) is 6.54 Å². The third-order valence-electron chi connectivity index (χ3n) is 5.16. The maximum Gasteiger partial charge on any atom is 0.115 e. The number of fused-ring (bicyclic) bond motifs is 2. The van der Waals surface area contributed by atoms with E-state index in [4.69, 9.17) is 0 Å². The molecule has 1 aromatic carbocycles. The van der Waals surface area contributed by atoms with Crippen molar-refractivity contribution in [1.29, 1.82) is 0 Å². The minimum absolute atomic E-state index is 0.351. The van der Waals surface area contributed by atoms with E-state index < -0.39 is 0 Å². The molecule has 2 heterocycles. The number of aromatic hydroxyl groups is 1. The molecule has 0 aromatic heterocycles. The lowest BCUT2D eigenvalue weighted by Crippen LogP contribution is -2.48. The Labute approximate surface area is 122 Å². The first-order chi connectivity index (χ1) is 9.67. The van der Waals surface area contributed by atoms with Crippen molar-refractivity contribution in [3.63, 3.8) is 0 Å². The molecule has 0 spiro atoms. The summed E-state index contributed by atoms with van der Waals surface area (Å²) in [6.45, 7) is 5.65. The summed E-state index contributed by atoms with van der Waals surface area (Å²) in [5, 5.41) is 13.2. The van der Waals surface area contributed by atoms with E-state index >= 15 is 0 Å². The summed E-state index contributed by atoms with van der Waals surface area (Å²) >= 11 is 0. The molecule has 2 saturated heterocycles. The van der Waals surface area contributed by atoms with E-state index in [0.29, 0.717) is 17.8 Å². The molecule has 2 aliphatic rings. The van der Waals surface area contributed by atoms with Crippen molar-refractivity contribution < 1.29 is 5.11 Å². The van der Waals surface area contributed by atoms with Crippen molar-refractivity contribution in [3.8, 4) is 5.75 Å². The summed E-state index contributed by atoms with van der Waals surface area (Å²) in [5.74, 6) is 0.351. The highest BCUT2D eigenvalue weighted by Crippen LogP contribution is 2.34. The zero-order valence-electron chi connectivity index (χ0n) is 12.5. The fraction of sp³-hybridized carbons (Fsp3) is 0.647. The number of nitrogens with one attached hydrogen (secondary N) is 1. The summed E-state index contributed by atoms with van der Waals surface area (Å²) in [7, 11) is 0. The van der Waals surface area contributed by atoms with Gasteiger partial charge in [-0.3, -0.25) is 4.90 Å². The number of phenolic OH excluding ortho intramolecular Hbond substituents is 1. The Bertz CT molecular complexity index is 433. The fourth-order valence-corrected chi connectivity index (χ4v) is 4.09. The van der Waals surface area contributed by atoms with Crippen LogP contribution in [0.2, 0.25) is 0 Å². The number of hydrogen-bond acceptors (Lipinski definition) is 3. The summed E-state index contributed by atoms with van der Waals surface area (Å²) in [5.41, 5.74) is 1.30. The SMILES string of the molecule is CCN(C1CC2CCC(C1)N2)C(C)c1ccc(O)cc1. The topological polar surface area (TPSA) is 35.5 Å². The molecule has 20 heavy (non-hydrogen) atoms. The Morgan fingerprint density at radius 2 is 1.80 bits per heavy atom. The van der Waals surface area contributed by atoms with Gasteiger partial charge < -0.3 is 10.4 Å². The molecular formula is C17H26N2O. The third-order valence-corrected chi connectivity index (χ3v) is 5.16. The van der Waals surface area contributed by atoms with Crippen LogP contribution in [-0.4, -0.2) is 34.7 Å². The number of piperidine rings is 1. The molecule has 2 fully saturated rings. The molecule has 3 unspecified atom stereocenters.